The number of nitrogens with two attached hydrogens (primary N) is 1. The molecule has 3 rings (SSSR count). The van der Waals surface area contributed by atoms with Crippen LogP contribution >= 0.6 is 11.3 Å². The van der Waals surface area contributed by atoms with Gasteiger partial charge in [0.1, 0.15) is 0 Å². The molecule has 1 saturated heterocycles. The summed E-state index contributed by atoms with van der Waals surface area (Å²) in [5.74, 6) is 0. The van der Waals surface area contributed by atoms with Crippen LogP contribution in [-0.4, -0.2) is 52.6 Å². The van der Waals surface area contributed by atoms with Crippen LogP contribution in [0.3, 0.4) is 0 Å². The van der Waals surface area contributed by atoms with E-state index in [2.05, 4.69) is 14.8 Å². The number of hydrogen-bond acceptors (Lipinski definition) is 6. The van der Waals surface area contributed by atoms with Gasteiger partial charge in [0.2, 0.25) is 0 Å². The molecule has 0 spiro atoms. The Bertz CT molecular complexity index is 581. The second kappa shape index (κ2) is 7.19. The Kier molecular flexibility index (Phi) is 5.04. The van der Waals surface area contributed by atoms with Gasteiger partial charge in [0.25, 0.3) is 0 Å². The number of aromatic nitrogens is 1. The highest BCUT2D eigenvalue weighted by molar-refractivity contribution is 7.15. The van der Waals surface area contributed by atoms with Crippen LogP contribution in [0.25, 0.3) is 0 Å². The Morgan fingerprint density at radius 2 is 1.82 bits per heavy atom. The van der Waals surface area contributed by atoms with Gasteiger partial charge in [-0.3, -0.25) is 9.80 Å². The van der Waals surface area contributed by atoms with E-state index >= 15 is 0 Å². The average Bonchev–Trinajstić information content (AvgIpc) is 2.95. The number of rotatable bonds is 5. The summed E-state index contributed by atoms with van der Waals surface area (Å²) in [6.07, 6.45) is 1.46. The van der Waals surface area contributed by atoms with E-state index in [1.807, 2.05) is 36.5 Å². The molecule has 2 aromatic rings. The van der Waals surface area contributed by atoms with Crippen LogP contribution in [0.15, 0.2) is 36.5 Å². The van der Waals surface area contributed by atoms with E-state index in [1.165, 1.54) is 4.88 Å². The van der Waals surface area contributed by atoms with Crippen molar-refractivity contribution in [3.8, 4) is 0 Å². The molecule has 118 valence electrons. The number of hydrogen-bond donors (Lipinski definition) is 2. The summed E-state index contributed by atoms with van der Waals surface area (Å²) < 4.78 is 0. The monoisotopic (exact) mass is 318 g/mol. The smallest absolute Gasteiger partial charge is 0.180 e. The number of aliphatic hydroxyl groups excluding tert-OH is 1. The molecule has 1 atom stereocenters. The fraction of sp³-hybridized carbons (Fsp3) is 0.438. The largest absolute Gasteiger partial charge is 0.387 e. The number of anilines is 1. The summed E-state index contributed by atoms with van der Waals surface area (Å²) >= 11 is 1.56. The second-order valence-corrected chi connectivity index (χ2v) is 6.81. The molecule has 1 aromatic carbocycles. The maximum absolute atomic E-state index is 10.3. The Balaban J connectivity index is 1.45. The molecule has 0 bridgehead atoms. The van der Waals surface area contributed by atoms with E-state index in [4.69, 9.17) is 5.73 Å². The van der Waals surface area contributed by atoms with E-state index in [1.54, 1.807) is 11.3 Å². The average molecular weight is 318 g/mol. The third-order valence-corrected chi connectivity index (χ3v) is 4.84. The number of aliphatic hydroxyl groups is 1. The molecule has 22 heavy (non-hydrogen) atoms. The normalized spacial score (nSPS) is 18.4. The molecule has 0 amide bonds. The third-order valence-electron chi connectivity index (χ3n) is 4.03. The van der Waals surface area contributed by atoms with Gasteiger partial charge in [0.05, 0.1) is 6.10 Å². The van der Waals surface area contributed by atoms with Gasteiger partial charge in [0.15, 0.2) is 5.13 Å². The van der Waals surface area contributed by atoms with Gasteiger partial charge in [-0.05, 0) is 5.56 Å². The second-order valence-electron chi connectivity index (χ2n) is 5.67. The molecule has 2 heterocycles. The highest BCUT2D eigenvalue weighted by Gasteiger charge is 2.20. The fourth-order valence-corrected chi connectivity index (χ4v) is 3.50. The Morgan fingerprint density at radius 3 is 2.45 bits per heavy atom. The minimum atomic E-state index is -0.408. The van der Waals surface area contributed by atoms with Gasteiger partial charge in [-0.25, -0.2) is 4.98 Å². The summed E-state index contributed by atoms with van der Waals surface area (Å²) in [4.78, 5) is 10.1. The number of benzene rings is 1. The number of piperazine rings is 1. The number of β-amino-alcohol motifs (C(OH)–C–C–N with tert-alkyl or cyclic N) is 1. The molecule has 1 fully saturated rings. The number of thiazole rings is 1. The zero-order valence-corrected chi connectivity index (χ0v) is 13.4. The highest BCUT2D eigenvalue weighted by atomic mass is 32.1. The molecule has 1 aliphatic heterocycles. The van der Waals surface area contributed by atoms with Crippen molar-refractivity contribution >= 4 is 16.5 Å². The van der Waals surface area contributed by atoms with Gasteiger partial charge in [-0.1, -0.05) is 30.3 Å². The van der Waals surface area contributed by atoms with Crippen molar-refractivity contribution in [1.29, 1.82) is 0 Å². The first-order valence-electron chi connectivity index (χ1n) is 7.58. The minimum absolute atomic E-state index is 0.408. The van der Waals surface area contributed by atoms with Crippen molar-refractivity contribution in [2.24, 2.45) is 0 Å². The van der Waals surface area contributed by atoms with Crippen molar-refractivity contribution in [3.05, 3.63) is 47.0 Å². The number of nitrogens with zero attached hydrogens (tertiary/aromatic N) is 3. The van der Waals surface area contributed by atoms with Gasteiger partial charge < -0.3 is 10.8 Å². The zero-order chi connectivity index (χ0) is 15.4. The fourth-order valence-electron chi connectivity index (χ4n) is 2.77. The first kappa shape index (κ1) is 15.4. The van der Waals surface area contributed by atoms with Crippen molar-refractivity contribution in [2.75, 3.05) is 38.5 Å². The summed E-state index contributed by atoms with van der Waals surface area (Å²) in [5.41, 5.74) is 6.66. The van der Waals surface area contributed by atoms with Crippen molar-refractivity contribution < 1.29 is 5.11 Å². The van der Waals surface area contributed by atoms with Crippen molar-refractivity contribution in [3.63, 3.8) is 0 Å². The molecule has 5 nitrogen and oxygen atoms in total. The van der Waals surface area contributed by atoms with E-state index in [0.717, 1.165) is 38.3 Å². The molecule has 6 heteroatoms. The lowest BCUT2D eigenvalue weighted by Crippen LogP contribution is -2.46. The van der Waals surface area contributed by atoms with Crippen LogP contribution in [0.2, 0.25) is 0 Å². The molecular weight excluding hydrogens is 296 g/mol. The molecule has 1 unspecified atom stereocenters. The summed E-state index contributed by atoms with van der Waals surface area (Å²) in [5, 5.41) is 10.9. The maximum atomic E-state index is 10.3. The van der Waals surface area contributed by atoms with Crippen molar-refractivity contribution in [2.45, 2.75) is 12.6 Å². The topological polar surface area (TPSA) is 65.6 Å². The zero-order valence-electron chi connectivity index (χ0n) is 12.6. The third kappa shape index (κ3) is 4.04. The van der Waals surface area contributed by atoms with Gasteiger partial charge >= 0.3 is 0 Å². The van der Waals surface area contributed by atoms with E-state index in [0.29, 0.717) is 11.7 Å². The van der Waals surface area contributed by atoms with Crippen LogP contribution in [0.5, 0.6) is 0 Å². The van der Waals surface area contributed by atoms with Gasteiger partial charge in [-0.2, -0.15) is 0 Å². The summed E-state index contributed by atoms with van der Waals surface area (Å²) in [7, 11) is 0. The lowest BCUT2D eigenvalue weighted by molar-refractivity contribution is 0.0704. The molecule has 1 aromatic heterocycles. The summed E-state index contributed by atoms with van der Waals surface area (Å²) in [6, 6.07) is 9.87. The summed E-state index contributed by atoms with van der Waals surface area (Å²) in [6.45, 7) is 5.62. The molecule has 0 radical (unpaired) electrons. The van der Waals surface area contributed by atoms with Crippen LogP contribution in [0.1, 0.15) is 16.5 Å². The lowest BCUT2D eigenvalue weighted by atomic mass is 10.1. The quantitative estimate of drug-likeness (QED) is 0.876. The molecular formula is C16H22N4OS. The molecule has 3 N–H and O–H groups in total. The first-order chi connectivity index (χ1) is 10.7. The van der Waals surface area contributed by atoms with E-state index < -0.39 is 6.10 Å². The van der Waals surface area contributed by atoms with Crippen LogP contribution in [0.4, 0.5) is 5.13 Å². The van der Waals surface area contributed by atoms with Crippen LogP contribution < -0.4 is 5.73 Å². The van der Waals surface area contributed by atoms with E-state index in [-0.39, 0.29) is 0 Å². The predicted molar refractivity (Wildman–Crippen MR) is 89.6 cm³/mol. The van der Waals surface area contributed by atoms with Crippen molar-refractivity contribution in [1.82, 2.24) is 14.8 Å². The SMILES string of the molecule is Nc1ncc(CN2CCN(CC(O)c3ccccc3)CC2)s1. The maximum Gasteiger partial charge on any atom is 0.180 e. The minimum Gasteiger partial charge on any atom is -0.387 e. The number of nitrogen functional groups attached to an aromatic ring is 1. The van der Waals surface area contributed by atoms with Gasteiger partial charge in [-0.15, -0.1) is 11.3 Å². The lowest BCUT2D eigenvalue weighted by Gasteiger charge is -2.35. The molecule has 0 saturated carbocycles. The Hall–Kier alpha value is -1.47. The predicted octanol–water partition coefficient (Wildman–Crippen LogP) is 1.58. The van der Waals surface area contributed by atoms with E-state index in [9.17, 15) is 5.11 Å². The first-order valence-corrected chi connectivity index (χ1v) is 8.40. The molecule has 1 aliphatic rings. The molecule has 0 aliphatic carbocycles. The Labute approximate surface area is 135 Å². The van der Waals surface area contributed by atoms with Gasteiger partial charge in [0, 0.05) is 50.3 Å². The standard InChI is InChI=1S/C16H22N4OS/c17-16-18-10-14(22-16)11-19-6-8-20(9-7-19)12-15(21)13-4-2-1-3-5-13/h1-5,10,15,21H,6-9,11-12H2,(H2,17,18). The van der Waals surface area contributed by atoms with Crippen LogP contribution in [0, 0.1) is 0 Å². The Morgan fingerprint density at radius 1 is 1.14 bits per heavy atom. The highest BCUT2D eigenvalue weighted by Crippen LogP contribution is 2.19. The van der Waals surface area contributed by atoms with Crippen LogP contribution in [-0.2, 0) is 6.54 Å².